The van der Waals surface area contributed by atoms with E-state index in [1.165, 1.54) is 0 Å². The van der Waals surface area contributed by atoms with Crippen molar-refractivity contribution in [2.45, 2.75) is 6.92 Å². The van der Waals surface area contributed by atoms with Crippen molar-refractivity contribution in [1.29, 1.82) is 0 Å². The van der Waals surface area contributed by atoms with E-state index < -0.39 is 0 Å². The van der Waals surface area contributed by atoms with Crippen molar-refractivity contribution in [3.8, 4) is 0 Å². The minimum absolute atomic E-state index is 0.792. The Labute approximate surface area is 127 Å². The summed E-state index contributed by atoms with van der Waals surface area (Å²) in [6.07, 6.45) is 5.20. The van der Waals surface area contributed by atoms with Gasteiger partial charge in [0.1, 0.15) is 6.33 Å². The number of fused-ring (bicyclic) bond motifs is 1. The maximum atomic E-state index is 4.39. The maximum absolute atomic E-state index is 4.39. The van der Waals surface area contributed by atoms with Gasteiger partial charge in [-0.25, -0.2) is 9.97 Å². The first-order valence-electron chi connectivity index (χ1n) is 7.26. The minimum atomic E-state index is 0.792. The standard InChI is InChI=1S/C14H16N8/c1-11-9-12(13-18-17-10-22(13)19-11)20-5-7-21(8-6-20)14-15-3-2-4-16-14/h2-4,9-10H,5-8H2,1H3. The largest absolute Gasteiger partial charge is 0.365 e. The highest BCUT2D eigenvalue weighted by Crippen LogP contribution is 2.22. The quantitative estimate of drug-likeness (QED) is 0.683. The van der Waals surface area contributed by atoms with Crippen molar-refractivity contribution in [2.24, 2.45) is 0 Å². The first kappa shape index (κ1) is 12.9. The van der Waals surface area contributed by atoms with E-state index in [1.807, 2.05) is 13.0 Å². The summed E-state index contributed by atoms with van der Waals surface area (Å²) in [6.45, 7) is 5.53. The second kappa shape index (κ2) is 5.21. The third-order valence-electron chi connectivity index (χ3n) is 3.83. The molecule has 8 nitrogen and oxygen atoms in total. The van der Waals surface area contributed by atoms with Gasteiger partial charge in [0, 0.05) is 38.6 Å². The monoisotopic (exact) mass is 296 g/mol. The molecule has 4 heterocycles. The normalized spacial score (nSPS) is 15.5. The van der Waals surface area contributed by atoms with E-state index in [0.29, 0.717) is 0 Å². The van der Waals surface area contributed by atoms with Gasteiger partial charge in [-0.1, -0.05) is 0 Å². The fourth-order valence-electron chi connectivity index (χ4n) is 2.77. The van der Waals surface area contributed by atoms with Crippen LogP contribution in [0.25, 0.3) is 5.65 Å². The van der Waals surface area contributed by atoms with E-state index in [4.69, 9.17) is 0 Å². The van der Waals surface area contributed by atoms with Gasteiger partial charge in [-0.3, -0.25) is 0 Å². The summed E-state index contributed by atoms with van der Waals surface area (Å²) in [5.41, 5.74) is 2.84. The number of piperazine rings is 1. The maximum Gasteiger partial charge on any atom is 0.225 e. The molecule has 0 saturated carbocycles. The summed E-state index contributed by atoms with van der Waals surface area (Å²) < 4.78 is 1.73. The zero-order valence-corrected chi connectivity index (χ0v) is 12.3. The van der Waals surface area contributed by atoms with Crippen LogP contribution in [0.2, 0.25) is 0 Å². The molecule has 0 aliphatic carbocycles. The Bertz CT molecular complexity index is 776. The minimum Gasteiger partial charge on any atom is -0.365 e. The lowest BCUT2D eigenvalue weighted by atomic mass is 10.2. The number of nitrogens with zero attached hydrogens (tertiary/aromatic N) is 8. The average molecular weight is 296 g/mol. The SMILES string of the molecule is Cc1cc(N2CCN(c3ncccn3)CC2)c2nncn2n1. The van der Waals surface area contributed by atoms with Crippen LogP contribution < -0.4 is 9.80 Å². The summed E-state index contributed by atoms with van der Waals surface area (Å²) in [5.74, 6) is 0.792. The van der Waals surface area contributed by atoms with Gasteiger partial charge in [-0.05, 0) is 19.1 Å². The number of hydrogen-bond donors (Lipinski definition) is 0. The van der Waals surface area contributed by atoms with Gasteiger partial charge < -0.3 is 9.80 Å². The number of aromatic nitrogens is 6. The fourth-order valence-corrected chi connectivity index (χ4v) is 2.77. The molecule has 8 heteroatoms. The van der Waals surface area contributed by atoms with Gasteiger partial charge in [-0.2, -0.15) is 9.61 Å². The summed E-state index contributed by atoms with van der Waals surface area (Å²) >= 11 is 0. The van der Waals surface area contributed by atoms with Gasteiger partial charge in [0.2, 0.25) is 11.6 Å². The first-order chi connectivity index (χ1) is 10.8. The molecule has 0 spiro atoms. The molecule has 3 aromatic heterocycles. The first-order valence-corrected chi connectivity index (χ1v) is 7.26. The molecule has 3 aromatic rings. The summed E-state index contributed by atoms with van der Waals surface area (Å²) in [5, 5.41) is 12.5. The van der Waals surface area contributed by atoms with Crippen molar-refractivity contribution in [3.63, 3.8) is 0 Å². The molecule has 112 valence electrons. The van der Waals surface area contributed by atoms with Crippen LogP contribution in [0.15, 0.2) is 30.9 Å². The summed E-state index contributed by atoms with van der Waals surface area (Å²) in [6, 6.07) is 3.90. The highest BCUT2D eigenvalue weighted by molar-refractivity contribution is 5.68. The number of hydrogen-bond acceptors (Lipinski definition) is 7. The molecule has 4 rings (SSSR count). The zero-order valence-electron chi connectivity index (χ0n) is 12.3. The van der Waals surface area contributed by atoms with Crippen LogP contribution in [0.4, 0.5) is 11.6 Å². The van der Waals surface area contributed by atoms with Crippen LogP contribution in [0.3, 0.4) is 0 Å². The van der Waals surface area contributed by atoms with E-state index in [2.05, 4.69) is 41.1 Å². The molecule has 0 atom stereocenters. The Morgan fingerprint density at radius 2 is 1.73 bits per heavy atom. The van der Waals surface area contributed by atoms with Crippen LogP contribution in [0.1, 0.15) is 5.69 Å². The van der Waals surface area contributed by atoms with Gasteiger partial charge >= 0.3 is 0 Å². The molecule has 1 aliphatic rings. The number of aryl methyl sites for hydroxylation is 1. The Balaban J connectivity index is 1.57. The van der Waals surface area contributed by atoms with Crippen molar-refractivity contribution in [2.75, 3.05) is 36.0 Å². The van der Waals surface area contributed by atoms with Gasteiger partial charge in [0.05, 0.1) is 11.4 Å². The van der Waals surface area contributed by atoms with Gasteiger partial charge in [0.25, 0.3) is 0 Å². The van der Waals surface area contributed by atoms with E-state index in [9.17, 15) is 0 Å². The van der Waals surface area contributed by atoms with Crippen LogP contribution in [0, 0.1) is 6.92 Å². The van der Waals surface area contributed by atoms with Crippen molar-refractivity contribution < 1.29 is 0 Å². The smallest absolute Gasteiger partial charge is 0.225 e. The Morgan fingerprint density at radius 3 is 2.50 bits per heavy atom. The highest BCUT2D eigenvalue weighted by atomic mass is 15.4. The lowest BCUT2D eigenvalue weighted by Gasteiger charge is -2.35. The van der Waals surface area contributed by atoms with Gasteiger partial charge in [0.15, 0.2) is 0 Å². The molecular weight excluding hydrogens is 280 g/mol. The molecule has 1 fully saturated rings. The predicted octanol–water partition coefficient (Wildman–Crippen LogP) is 0.549. The molecular formula is C14H16N8. The average Bonchev–Trinajstić information content (AvgIpc) is 3.03. The third kappa shape index (κ3) is 2.22. The molecule has 0 N–H and O–H groups in total. The molecule has 0 aromatic carbocycles. The number of rotatable bonds is 2. The van der Waals surface area contributed by atoms with Crippen molar-refractivity contribution >= 4 is 17.3 Å². The molecule has 0 unspecified atom stereocenters. The number of anilines is 2. The topological polar surface area (TPSA) is 75.3 Å². The van der Waals surface area contributed by atoms with E-state index in [-0.39, 0.29) is 0 Å². The van der Waals surface area contributed by atoms with Crippen LogP contribution >= 0.6 is 0 Å². The third-order valence-corrected chi connectivity index (χ3v) is 3.83. The highest BCUT2D eigenvalue weighted by Gasteiger charge is 2.21. The molecule has 22 heavy (non-hydrogen) atoms. The van der Waals surface area contributed by atoms with Crippen LogP contribution in [-0.4, -0.2) is 56.0 Å². The van der Waals surface area contributed by atoms with E-state index >= 15 is 0 Å². The van der Waals surface area contributed by atoms with E-state index in [1.54, 1.807) is 23.2 Å². The Morgan fingerprint density at radius 1 is 1.00 bits per heavy atom. The second-order valence-corrected chi connectivity index (χ2v) is 5.29. The van der Waals surface area contributed by atoms with Crippen molar-refractivity contribution in [1.82, 2.24) is 29.8 Å². The van der Waals surface area contributed by atoms with Crippen LogP contribution in [-0.2, 0) is 0 Å². The molecule has 0 bridgehead atoms. The fraction of sp³-hybridized carbons (Fsp3) is 0.357. The summed E-state index contributed by atoms with van der Waals surface area (Å²) in [4.78, 5) is 13.1. The van der Waals surface area contributed by atoms with E-state index in [0.717, 1.165) is 49.2 Å². The molecule has 0 amide bonds. The zero-order chi connectivity index (χ0) is 14.9. The summed E-state index contributed by atoms with van der Waals surface area (Å²) in [7, 11) is 0. The lowest BCUT2D eigenvalue weighted by Crippen LogP contribution is -2.47. The lowest BCUT2D eigenvalue weighted by molar-refractivity contribution is 0.639. The van der Waals surface area contributed by atoms with Crippen LogP contribution in [0.5, 0.6) is 0 Å². The Kier molecular flexibility index (Phi) is 3.06. The van der Waals surface area contributed by atoms with Gasteiger partial charge in [-0.15, -0.1) is 10.2 Å². The molecule has 1 saturated heterocycles. The predicted molar refractivity (Wildman–Crippen MR) is 82.0 cm³/mol. The Hall–Kier alpha value is -2.77. The second-order valence-electron chi connectivity index (χ2n) is 5.29. The van der Waals surface area contributed by atoms with Crippen molar-refractivity contribution in [3.05, 3.63) is 36.5 Å². The molecule has 1 aliphatic heterocycles. The molecule has 0 radical (unpaired) electrons.